The Balaban J connectivity index is 1.53. The summed E-state index contributed by atoms with van der Waals surface area (Å²) in [6, 6.07) is 12.7. The van der Waals surface area contributed by atoms with Crippen LogP contribution in [-0.4, -0.2) is 43.2 Å². The van der Waals surface area contributed by atoms with Crippen molar-refractivity contribution in [2.24, 2.45) is 0 Å². The maximum atomic E-state index is 12.4. The first-order chi connectivity index (χ1) is 13.0. The van der Waals surface area contributed by atoms with Crippen LogP contribution in [0.1, 0.15) is 12.5 Å². The van der Waals surface area contributed by atoms with Crippen molar-refractivity contribution in [3.05, 3.63) is 58.1 Å². The highest BCUT2D eigenvalue weighted by molar-refractivity contribution is 6.35. The summed E-state index contributed by atoms with van der Waals surface area (Å²) in [6.45, 7) is 6.01. The van der Waals surface area contributed by atoms with E-state index in [2.05, 4.69) is 10.2 Å². The van der Waals surface area contributed by atoms with Gasteiger partial charge in [0.15, 0.2) is 6.10 Å². The molecular formula is C20H22Cl2N2O3. The molecule has 1 atom stereocenters. The number of halogens is 2. The summed E-state index contributed by atoms with van der Waals surface area (Å²) in [5, 5.41) is 3.74. The number of hydrogen-bond acceptors (Lipinski definition) is 4. The number of carbonyl (C=O) groups is 1. The molecule has 7 heteroatoms. The van der Waals surface area contributed by atoms with Gasteiger partial charge in [0.2, 0.25) is 0 Å². The Labute approximate surface area is 169 Å². The molecule has 0 bridgehead atoms. The number of rotatable bonds is 6. The van der Waals surface area contributed by atoms with Crippen molar-refractivity contribution in [3.63, 3.8) is 0 Å². The van der Waals surface area contributed by atoms with Gasteiger partial charge in [0.1, 0.15) is 5.75 Å². The monoisotopic (exact) mass is 408 g/mol. The molecule has 1 aliphatic heterocycles. The van der Waals surface area contributed by atoms with Crippen molar-refractivity contribution >= 4 is 34.8 Å². The second-order valence-electron chi connectivity index (χ2n) is 6.41. The van der Waals surface area contributed by atoms with E-state index in [9.17, 15) is 4.79 Å². The molecule has 0 radical (unpaired) electrons. The van der Waals surface area contributed by atoms with Crippen LogP contribution in [0.4, 0.5) is 5.69 Å². The molecule has 0 spiro atoms. The van der Waals surface area contributed by atoms with E-state index in [0.717, 1.165) is 38.5 Å². The van der Waals surface area contributed by atoms with Crippen LogP contribution in [0.5, 0.6) is 5.75 Å². The normalized spacial score (nSPS) is 16.0. The van der Waals surface area contributed by atoms with Crippen LogP contribution in [0.3, 0.4) is 0 Å². The van der Waals surface area contributed by atoms with Gasteiger partial charge in [-0.3, -0.25) is 9.69 Å². The molecule has 1 amide bonds. The minimum absolute atomic E-state index is 0.248. The maximum absolute atomic E-state index is 12.4. The molecule has 3 rings (SSSR count). The van der Waals surface area contributed by atoms with Crippen molar-refractivity contribution in [3.8, 4) is 5.75 Å². The number of carbonyl (C=O) groups excluding carboxylic acids is 1. The molecule has 0 aromatic heterocycles. The Morgan fingerprint density at radius 2 is 1.89 bits per heavy atom. The fourth-order valence-corrected chi connectivity index (χ4v) is 3.22. The number of nitrogens with one attached hydrogen (secondary N) is 1. The second-order valence-corrected chi connectivity index (χ2v) is 7.25. The van der Waals surface area contributed by atoms with Gasteiger partial charge in [-0.15, -0.1) is 0 Å². The van der Waals surface area contributed by atoms with Gasteiger partial charge in [0.05, 0.1) is 18.2 Å². The molecular weight excluding hydrogens is 387 g/mol. The predicted molar refractivity (Wildman–Crippen MR) is 108 cm³/mol. The van der Waals surface area contributed by atoms with Gasteiger partial charge in [-0.1, -0.05) is 35.3 Å². The maximum Gasteiger partial charge on any atom is 0.265 e. The van der Waals surface area contributed by atoms with Crippen LogP contribution in [0.2, 0.25) is 10.0 Å². The van der Waals surface area contributed by atoms with Crippen LogP contribution in [0.15, 0.2) is 42.5 Å². The smallest absolute Gasteiger partial charge is 0.265 e. The van der Waals surface area contributed by atoms with E-state index in [-0.39, 0.29) is 5.91 Å². The summed E-state index contributed by atoms with van der Waals surface area (Å²) in [5.74, 6) is 0.173. The molecule has 0 saturated carbocycles. The number of hydrogen-bond donors (Lipinski definition) is 1. The molecule has 2 aromatic carbocycles. The fraction of sp³-hybridized carbons (Fsp3) is 0.350. The third-order valence-electron chi connectivity index (χ3n) is 4.30. The molecule has 0 unspecified atom stereocenters. The van der Waals surface area contributed by atoms with Crippen LogP contribution in [-0.2, 0) is 16.1 Å². The summed E-state index contributed by atoms with van der Waals surface area (Å²) in [7, 11) is 0. The number of nitrogens with zero attached hydrogens (tertiary/aromatic N) is 1. The number of benzene rings is 2. The average molecular weight is 409 g/mol. The largest absolute Gasteiger partial charge is 0.479 e. The lowest BCUT2D eigenvalue weighted by atomic mass is 10.2. The number of anilines is 1. The number of ether oxygens (including phenoxy) is 2. The Kier molecular flexibility index (Phi) is 6.96. The molecule has 2 aromatic rings. The molecule has 1 saturated heterocycles. The summed E-state index contributed by atoms with van der Waals surface area (Å²) in [5.41, 5.74) is 1.93. The lowest BCUT2D eigenvalue weighted by Crippen LogP contribution is -2.35. The first-order valence-electron chi connectivity index (χ1n) is 8.83. The third-order valence-corrected chi connectivity index (χ3v) is 4.83. The average Bonchev–Trinajstić information content (AvgIpc) is 2.66. The van der Waals surface area contributed by atoms with E-state index >= 15 is 0 Å². The SMILES string of the molecule is C[C@@H](Oc1ccc(Cl)cc1Cl)C(=O)Nc1ccc(CN2CCOCC2)cc1. The fourth-order valence-electron chi connectivity index (χ4n) is 2.77. The minimum Gasteiger partial charge on any atom is -0.479 e. The number of amides is 1. The molecule has 1 N–H and O–H groups in total. The van der Waals surface area contributed by atoms with E-state index < -0.39 is 6.10 Å². The molecule has 144 valence electrons. The Morgan fingerprint density at radius 1 is 1.19 bits per heavy atom. The van der Waals surface area contributed by atoms with Crippen molar-refractivity contribution < 1.29 is 14.3 Å². The van der Waals surface area contributed by atoms with Gasteiger partial charge in [-0.2, -0.15) is 0 Å². The van der Waals surface area contributed by atoms with E-state index in [1.807, 2.05) is 24.3 Å². The van der Waals surface area contributed by atoms with Crippen molar-refractivity contribution in [2.75, 3.05) is 31.6 Å². The first-order valence-corrected chi connectivity index (χ1v) is 9.58. The zero-order chi connectivity index (χ0) is 19.2. The topological polar surface area (TPSA) is 50.8 Å². The highest BCUT2D eigenvalue weighted by atomic mass is 35.5. The first kappa shape index (κ1) is 20.0. The van der Waals surface area contributed by atoms with Crippen LogP contribution >= 0.6 is 23.2 Å². The van der Waals surface area contributed by atoms with Gasteiger partial charge in [-0.05, 0) is 42.8 Å². The van der Waals surface area contributed by atoms with Crippen molar-refractivity contribution in [1.29, 1.82) is 0 Å². The molecule has 5 nitrogen and oxygen atoms in total. The molecule has 1 fully saturated rings. The second kappa shape index (κ2) is 9.42. The summed E-state index contributed by atoms with van der Waals surface area (Å²) < 4.78 is 11.0. The zero-order valence-corrected chi connectivity index (χ0v) is 16.6. The predicted octanol–water partition coefficient (Wildman–Crippen LogP) is 4.23. The van der Waals surface area contributed by atoms with Crippen LogP contribution < -0.4 is 10.1 Å². The van der Waals surface area contributed by atoms with E-state index in [4.69, 9.17) is 32.7 Å². The lowest BCUT2D eigenvalue weighted by Gasteiger charge is -2.26. The zero-order valence-electron chi connectivity index (χ0n) is 15.1. The Hall–Kier alpha value is -1.79. The molecule has 27 heavy (non-hydrogen) atoms. The Morgan fingerprint density at radius 3 is 2.56 bits per heavy atom. The van der Waals surface area contributed by atoms with Gasteiger partial charge >= 0.3 is 0 Å². The van der Waals surface area contributed by atoms with Gasteiger partial charge in [-0.25, -0.2) is 0 Å². The molecule has 1 aliphatic rings. The van der Waals surface area contributed by atoms with Gasteiger partial charge in [0.25, 0.3) is 5.91 Å². The molecule has 0 aliphatic carbocycles. The van der Waals surface area contributed by atoms with Crippen LogP contribution in [0.25, 0.3) is 0 Å². The van der Waals surface area contributed by atoms with E-state index in [0.29, 0.717) is 15.8 Å². The summed E-state index contributed by atoms with van der Waals surface area (Å²) in [6.07, 6.45) is -0.697. The Bertz CT molecular complexity index is 777. The highest BCUT2D eigenvalue weighted by Crippen LogP contribution is 2.28. The summed E-state index contributed by atoms with van der Waals surface area (Å²) >= 11 is 12.0. The quantitative estimate of drug-likeness (QED) is 0.776. The van der Waals surface area contributed by atoms with Gasteiger partial charge in [0, 0.05) is 30.3 Å². The van der Waals surface area contributed by atoms with E-state index in [1.54, 1.807) is 25.1 Å². The third kappa shape index (κ3) is 5.84. The number of morpholine rings is 1. The minimum atomic E-state index is -0.697. The van der Waals surface area contributed by atoms with Crippen molar-refractivity contribution in [2.45, 2.75) is 19.6 Å². The summed E-state index contributed by atoms with van der Waals surface area (Å²) in [4.78, 5) is 14.7. The van der Waals surface area contributed by atoms with Crippen molar-refractivity contribution in [1.82, 2.24) is 4.90 Å². The van der Waals surface area contributed by atoms with Gasteiger partial charge < -0.3 is 14.8 Å². The highest BCUT2D eigenvalue weighted by Gasteiger charge is 2.17. The molecule has 1 heterocycles. The lowest BCUT2D eigenvalue weighted by molar-refractivity contribution is -0.122. The van der Waals surface area contributed by atoms with E-state index in [1.165, 1.54) is 5.56 Å². The standard InChI is InChI=1S/C20H22Cl2N2O3/c1-14(27-19-7-4-16(21)12-18(19)22)20(25)23-17-5-2-15(3-6-17)13-24-8-10-26-11-9-24/h2-7,12,14H,8-11,13H2,1H3,(H,23,25)/t14-/m1/s1. The van der Waals surface area contributed by atoms with Crippen LogP contribution in [0, 0.1) is 0 Å².